The van der Waals surface area contributed by atoms with Crippen molar-refractivity contribution in [3.8, 4) is 0 Å². The van der Waals surface area contributed by atoms with Crippen LogP contribution >= 0.6 is 7.82 Å². The molecule has 0 spiro atoms. The number of nitrogens with zero attached hydrogens (tertiary/aromatic N) is 1. The molecule has 0 saturated carbocycles. The highest BCUT2D eigenvalue weighted by molar-refractivity contribution is 7.47. The maximum absolute atomic E-state index is 13.0. The first-order valence-corrected chi connectivity index (χ1v) is 33.9. The quantitative estimate of drug-likeness (QED) is 0.0207. The minimum Gasteiger partial charge on any atom is -0.390 e. The second-order valence-corrected chi connectivity index (χ2v) is 25.1. The van der Waals surface area contributed by atoms with Gasteiger partial charge in [0.1, 0.15) is 19.3 Å². The molecule has 0 saturated heterocycles. The average molecular weight is 1080 g/mol. The molecule has 0 aromatic rings. The van der Waals surface area contributed by atoms with Crippen LogP contribution in [0.1, 0.15) is 316 Å². The van der Waals surface area contributed by atoms with Gasteiger partial charge in [0.2, 0.25) is 5.91 Å². The lowest BCUT2D eigenvalue weighted by atomic mass is 9.99. The first-order chi connectivity index (χ1) is 36.4. The minimum atomic E-state index is -4.42. The van der Waals surface area contributed by atoms with Crippen molar-refractivity contribution in [1.29, 1.82) is 0 Å². The number of unbranched alkanes of at least 4 members (excludes halogenated alkanes) is 40. The van der Waals surface area contributed by atoms with Crippen LogP contribution in [0.15, 0.2) is 36.5 Å². The van der Waals surface area contributed by atoms with Gasteiger partial charge in [-0.05, 0) is 51.4 Å². The van der Waals surface area contributed by atoms with Gasteiger partial charge in [0.25, 0.3) is 0 Å². The molecule has 444 valence electrons. The van der Waals surface area contributed by atoms with Crippen molar-refractivity contribution in [2.45, 2.75) is 334 Å². The maximum atomic E-state index is 13.0. The van der Waals surface area contributed by atoms with Crippen molar-refractivity contribution in [3.63, 3.8) is 0 Å². The van der Waals surface area contributed by atoms with E-state index < -0.39 is 32.7 Å². The van der Waals surface area contributed by atoms with Gasteiger partial charge in [-0.3, -0.25) is 13.8 Å². The van der Waals surface area contributed by atoms with Gasteiger partial charge < -0.3 is 24.9 Å². The van der Waals surface area contributed by atoms with Crippen molar-refractivity contribution in [1.82, 2.24) is 5.32 Å². The van der Waals surface area contributed by atoms with Gasteiger partial charge in [0.05, 0.1) is 39.9 Å². The Morgan fingerprint density at radius 2 is 0.787 bits per heavy atom. The van der Waals surface area contributed by atoms with Crippen LogP contribution in [0.25, 0.3) is 0 Å². The van der Waals surface area contributed by atoms with Crippen molar-refractivity contribution in [3.05, 3.63) is 36.5 Å². The molecule has 4 unspecified atom stereocenters. The lowest BCUT2D eigenvalue weighted by Gasteiger charge is -2.28. The molecule has 75 heavy (non-hydrogen) atoms. The summed E-state index contributed by atoms with van der Waals surface area (Å²) in [5, 5.41) is 24.9. The van der Waals surface area contributed by atoms with Crippen LogP contribution in [0.5, 0.6) is 0 Å². The van der Waals surface area contributed by atoms with Gasteiger partial charge in [-0.1, -0.05) is 294 Å². The number of likely N-dealkylation sites (N-methyl/N-ethyl adjacent to an activating group) is 1. The minimum absolute atomic E-state index is 0.0240. The van der Waals surface area contributed by atoms with Crippen molar-refractivity contribution < 1.29 is 38.0 Å². The molecule has 0 rings (SSSR count). The lowest BCUT2D eigenvalue weighted by Crippen LogP contribution is -2.51. The number of allylic oxidation sites excluding steroid dienone is 6. The third kappa shape index (κ3) is 57.2. The largest absolute Gasteiger partial charge is 0.472 e. The highest BCUT2D eigenvalue weighted by atomic mass is 31.2. The number of aliphatic hydroxyl groups is 2. The third-order valence-electron chi connectivity index (χ3n) is 15.0. The molecule has 0 aromatic heterocycles. The number of rotatable bonds is 60. The van der Waals surface area contributed by atoms with Crippen molar-refractivity contribution >= 4 is 13.7 Å². The van der Waals surface area contributed by atoms with Crippen molar-refractivity contribution in [2.24, 2.45) is 0 Å². The fraction of sp³-hybridized carbons (Fsp3) is 0.892. The van der Waals surface area contributed by atoms with Gasteiger partial charge in [-0.25, -0.2) is 4.57 Å². The molecule has 10 heteroatoms. The molecule has 1 amide bonds. The second-order valence-electron chi connectivity index (χ2n) is 23.6. The Hall–Kier alpha value is -1.32. The van der Waals surface area contributed by atoms with Gasteiger partial charge >= 0.3 is 7.82 Å². The summed E-state index contributed by atoms with van der Waals surface area (Å²) in [6, 6.07) is -1.03. The van der Waals surface area contributed by atoms with E-state index in [2.05, 4.69) is 55.6 Å². The molecule has 0 aliphatic rings. The fourth-order valence-corrected chi connectivity index (χ4v) is 10.6. The summed E-state index contributed by atoms with van der Waals surface area (Å²) in [7, 11) is 1.45. The fourth-order valence-electron chi connectivity index (χ4n) is 9.86. The lowest BCUT2D eigenvalue weighted by molar-refractivity contribution is -0.870. The summed E-state index contributed by atoms with van der Waals surface area (Å²) in [5.74, 6) is -0.253. The van der Waals surface area contributed by atoms with E-state index in [4.69, 9.17) is 9.05 Å². The number of carbonyl (C=O) groups is 1. The Balaban J connectivity index is 3.92. The number of phosphoric acid groups is 1. The summed E-state index contributed by atoms with van der Waals surface area (Å²) < 4.78 is 23.7. The van der Waals surface area contributed by atoms with Crippen molar-refractivity contribution in [2.75, 3.05) is 40.9 Å². The Bertz CT molecular complexity index is 1340. The van der Waals surface area contributed by atoms with Gasteiger partial charge in [-0.15, -0.1) is 0 Å². The van der Waals surface area contributed by atoms with Gasteiger partial charge in [0.15, 0.2) is 0 Å². The molecule has 0 fully saturated rings. The first kappa shape index (κ1) is 73.7. The zero-order valence-corrected chi connectivity index (χ0v) is 51.3. The highest BCUT2D eigenvalue weighted by Crippen LogP contribution is 2.43. The molecule has 0 aliphatic carbocycles. The molecule has 0 heterocycles. The maximum Gasteiger partial charge on any atom is 0.472 e. The number of amides is 1. The summed E-state index contributed by atoms with van der Waals surface area (Å²) in [4.78, 5) is 23.4. The van der Waals surface area contributed by atoms with E-state index in [-0.39, 0.29) is 12.5 Å². The van der Waals surface area contributed by atoms with E-state index in [1.807, 2.05) is 21.1 Å². The zero-order chi connectivity index (χ0) is 55.0. The number of hydrogen-bond donors (Lipinski definition) is 4. The number of quaternary nitrogens is 1. The molecule has 4 atom stereocenters. The van der Waals surface area contributed by atoms with E-state index in [1.54, 1.807) is 0 Å². The average Bonchev–Trinajstić information content (AvgIpc) is 3.37. The molecular weight excluding hydrogens is 952 g/mol. The standard InChI is InChI=1S/C65H127N2O7P/c1-6-8-10-12-14-16-18-20-21-22-23-24-25-26-27-28-29-30-31-32-33-34-35-36-37-38-39-40-41-42-43-44-45-46-48-50-52-54-56-58-64(69)66-62(61-74-75(71,72)73-60-59-67(3,4)5)65(70)63(68)57-55-53-51-49-47-19-17-15-13-11-9-7-2/h18,20,22-23,25-26,62-63,65,68,70H,6-17,19,21,24,27-61H2,1-5H3,(H-,66,69,71,72)/p+1/b20-18-,23-22-,26-25-. The molecular formula is C65H128N2O7P+. The van der Waals surface area contributed by atoms with E-state index in [1.165, 1.54) is 238 Å². The van der Waals surface area contributed by atoms with Gasteiger partial charge in [-0.2, -0.15) is 0 Å². The van der Waals surface area contributed by atoms with E-state index in [0.717, 1.165) is 51.4 Å². The smallest absolute Gasteiger partial charge is 0.390 e. The molecule has 0 radical (unpaired) electrons. The van der Waals surface area contributed by atoms with Crippen LogP contribution in [0, 0.1) is 0 Å². The second kappa shape index (κ2) is 56.0. The van der Waals surface area contributed by atoms with Crippen LogP contribution in [-0.2, 0) is 18.4 Å². The molecule has 9 nitrogen and oxygen atoms in total. The number of nitrogens with one attached hydrogen (secondary N) is 1. The van der Waals surface area contributed by atoms with E-state index in [0.29, 0.717) is 23.9 Å². The number of aliphatic hydroxyl groups excluding tert-OH is 2. The Kier molecular flexibility index (Phi) is 55.0. The SMILES string of the molecule is CCCCCCC/C=C\C/C=C\C/C=C\CCCCCCCCCCCCCCCCCCCCCCCCCCC(=O)NC(COP(=O)(O)OCC[N+](C)(C)C)C(O)C(O)CCCCCCCCCCCCCC. The predicted molar refractivity (Wildman–Crippen MR) is 324 cm³/mol. The van der Waals surface area contributed by atoms with Crippen LogP contribution in [-0.4, -0.2) is 84.6 Å². The monoisotopic (exact) mass is 1080 g/mol. The zero-order valence-electron chi connectivity index (χ0n) is 50.4. The third-order valence-corrected chi connectivity index (χ3v) is 16.0. The number of hydrogen-bond acceptors (Lipinski definition) is 6. The van der Waals surface area contributed by atoms with Crippen LogP contribution in [0.4, 0.5) is 0 Å². The Labute approximate surface area is 466 Å². The molecule has 4 N–H and O–H groups in total. The topological polar surface area (TPSA) is 125 Å². The number of phosphoric ester groups is 1. The Morgan fingerprint density at radius 3 is 1.15 bits per heavy atom. The summed E-state index contributed by atoms with van der Waals surface area (Å²) in [6.07, 6.45) is 69.8. The van der Waals surface area contributed by atoms with E-state index in [9.17, 15) is 24.5 Å². The van der Waals surface area contributed by atoms with Crippen LogP contribution < -0.4 is 5.32 Å². The van der Waals surface area contributed by atoms with Crippen LogP contribution in [0.2, 0.25) is 0 Å². The Morgan fingerprint density at radius 1 is 0.467 bits per heavy atom. The van der Waals surface area contributed by atoms with Gasteiger partial charge in [0, 0.05) is 6.42 Å². The molecule has 0 aliphatic heterocycles. The summed E-state index contributed by atoms with van der Waals surface area (Å²) in [5.41, 5.74) is 0. The summed E-state index contributed by atoms with van der Waals surface area (Å²) >= 11 is 0. The predicted octanol–water partition coefficient (Wildman–Crippen LogP) is 19.1. The normalized spacial score (nSPS) is 14.4. The number of carbonyl (C=O) groups excluding carboxylic acids is 1. The first-order valence-electron chi connectivity index (χ1n) is 32.4. The van der Waals surface area contributed by atoms with E-state index >= 15 is 0 Å². The summed E-state index contributed by atoms with van der Waals surface area (Å²) in [6.45, 7) is 4.62. The van der Waals surface area contributed by atoms with Crippen LogP contribution in [0.3, 0.4) is 0 Å². The molecule has 0 aromatic carbocycles. The molecule has 0 bridgehead atoms. The highest BCUT2D eigenvalue weighted by Gasteiger charge is 2.32.